The van der Waals surface area contributed by atoms with Gasteiger partial charge in [0.2, 0.25) is 5.91 Å². The second kappa shape index (κ2) is 4.42. The third kappa shape index (κ3) is 1.77. The van der Waals surface area contributed by atoms with Gasteiger partial charge in [0.05, 0.1) is 11.2 Å². The number of carbonyl (C=O) groups is 1. The number of pyridine rings is 1. The number of H-pyrrole nitrogens is 1. The quantitative estimate of drug-likeness (QED) is 0.593. The fourth-order valence-electron chi connectivity index (χ4n) is 2.67. The van der Waals surface area contributed by atoms with Crippen molar-refractivity contribution in [3.63, 3.8) is 0 Å². The van der Waals surface area contributed by atoms with Gasteiger partial charge >= 0.3 is 0 Å². The van der Waals surface area contributed by atoms with E-state index in [2.05, 4.69) is 15.1 Å². The molecule has 0 radical (unpaired) electrons. The molecular formula is C16H13N5O. The average Bonchev–Trinajstić information content (AvgIpc) is 3.11. The second-order valence-corrected chi connectivity index (χ2v) is 5.20. The first kappa shape index (κ1) is 12.6. The molecule has 4 rings (SSSR count). The molecule has 6 heteroatoms. The van der Waals surface area contributed by atoms with Crippen molar-refractivity contribution in [3.8, 4) is 11.4 Å². The fourth-order valence-corrected chi connectivity index (χ4v) is 2.67. The van der Waals surface area contributed by atoms with Gasteiger partial charge in [-0.3, -0.25) is 14.5 Å². The molecule has 0 unspecified atom stereocenters. The van der Waals surface area contributed by atoms with Gasteiger partial charge in [-0.2, -0.15) is 5.10 Å². The maximum atomic E-state index is 11.3. The van der Waals surface area contributed by atoms with E-state index in [4.69, 9.17) is 5.73 Å². The topological polar surface area (TPSA) is 89.6 Å². The highest BCUT2D eigenvalue weighted by molar-refractivity contribution is 6.00. The number of hydrogen-bond donors (Lipinski definition) is 2. The summed E-state index contributed by atoms with van der Waals surface area (Å²) in [6.45, 7) is 0. The molecule has 3 aromatic heterocycles. The van der Waals surface area contributed by atoms with Gasteiger partial charge in [-0.15, -0.1) is 0 Å². The lowest BCUT2D eigenvalue weighted by molar-refractivity contribution is 0.100. The first-order chi connectivity index (χ1) is 10.6. The Morgan fingerprint density at radius 2 is 2.14 bits per heavy atom. The zero-order valence-electron chi connectivity index (χ0n) is 11.9. The van der Waals surface area contributed by atoms with Crippen LogP contribution in [0, 0.1) is 0 Å². The van der Waals surface area contributed by atoms with Crippen molar-refractivity contribution < 1.29 is 4.79 Å². The molecule has 0 aliphatic rings. The van der Waals surface area contributed by atoms with Crippen LogP contribution in [0.3, 0.4) is 0 Å². The maximum Gasteiger partial charge on any atom is 0.248 e. The van der Waals surface area contributed by atoms with Crippen molar-refractivity contribution in [1.29, 1.82) is 0 Å². The summed E-state index contributed by atoms with van der Waals surface area (Å²) in [7, 11) is 1.84. The number of amides is 1. The van der Waals surface area contributed by atoms with Gasteiger partial charge in [-0.05, 0) is 30.3 Å². The Labute approximate surface area is 125 Å². The number of aryl methyl sites for hydroxylation is 1. The van der Waals surface area contributed by atoms with Gasteiger partial charge in [-0.1, -0.05) is 0 Å². The standard InChI is InChI=1S/C16H13N5O/c1-21-14-6-9(16(17)22)2-3-11(14)15(20-21)13-7-12-10(8-19-13)4-5-18-12/h2-8,18H,1H3,(H2,17,22). The van der Waals surface area contributed by atoms with Gasteiger partial charge in [0, 0.05) is 41.3 Å². The van der Waals surface area contributed by atoms with Crippen molar-refractivity contribution in [1.82, 2.24) is 19.7 Å². The molecule has 0 atom stereocenters. The minimum Gasteiger partial charge on any atom is -0.366 e. The normalized spacial score (nSPS) is 11.3. The molecule has 0 bridgehead atoms. The summed E-state index contributed by atoms with van der Waals surface area (Å²) >= 11 is 0. The number of hydrogen-bond acceptors (Lipinski definition) is 3. The number of carbonyl (C=O) groups excluding carboxylic acids is 1. The molecule has 0 saturated heterocycles. The summed E-state index contributed by atoms with van der Waals surface area (Å²) in [5, 5.41) is 6.53. The van der Waals surface area contributed by atoms with Crippen LogP contribution in [0.4, 0.5) is 0 Å². The van der Waals surface area contributed by atoms with Crippen molar-refractivity contribution in [2.24, 2.45) is 12.8 Å². The van der Waals surface area contributed by atoms with Crippen LogP contribution in [0.5, 0.6) is 0 Å². The van der Waals surface area contributed by atoms with Crippen LogP contribution in [0.2, 0.25) is 0 Å². The number of rotatable bonds is 2. The van der Waals surface area contributed by atoms with Gasteiger partial charge in [0.1, 0.15) is 5.69 Å². The summed E-state index contributed by atoms with van der Waals surface area (Å²) in [5.74, 6) is -0.449. The molecule has 3 heterocycles. The third-order valence-corrected chi connectivity index (χ3v) is 3.82. The predicted octanol–water partition coefficient (Wildman–Crippen LogP) is 2.22. The zero-order chi connectivity index (χ0) is 15.3. The molecule has 0 saturated carbocycles. The van der Waals surface area contributed by atoms with Gasteiger partial charge < -0.3 is 10.7 Å². The molecule has 0 aliphatic heterocycles. The summed E-state index contributed by atoms with van der Waals surface area (Å²) in [5.41, 5.74) is 9.23. The van der Waals surface area contributed by atoms with E-state index in [0.29, 0.717) is 5.56 Å². The average molecular weight is 291 g/mol. The van der Waals surface area contributed by atoms with Crippen LogP contribution in [-0.4, -0.2) is 25.7 Å². The highest BCUT2D eigenvalue weighted by Crippen LogP contribution is 2.28. The maximum absolute atomic E-state index is 11.3. The van der Waals surface area contributed by atoms with E-state index in [0.717, 1.165) is 33.2 Å². The molecule has 0 aliphatic carbocycles. The van der Waals surface area contributed by atoms with Crippen LogP contribution in [0.1, 0.15) is 10.4 Å². The van der Waals surface area contributed by atoms with Gasteiger partial charge in [-0.25, -0.2) is 0 Å². The van der Waals surface area contributed by atoms with Crippen molar-refractivity contribution in [2.45, 2.75) is 0 Å². The van der Waals surface area contributed by atoms with Crippen LogP contribution < -0.4 is 5.73 Å². The van der Waals surface area contributed by atoms with E-state index in [-0.39, 0.29) is 0 Å². The van der Waals surface area contributed by atoms with E-state index in [1.54, 1.807) is 16.8 Å². The molecule has 1 amide bonds. The van der Waals surface area contributed by atoms with E-state index in [9.17, 15) is 4.79 Å². The van der Waals surface area contributed by atoms with Crippen molar-refractivity contribution >= 4 is 27.7 Å². The van der Waals surface area contributed by atoms with Crippen LogP contribution in [0.15, 0.2) is 42.7 Å². The number of nitrogens with two attached hydrogens (primary N) is 1. The number of nitrogens with zero attached hydrogens (tertiary/aromatic N) is 3. The number of aromatic amines is 1. The second-order valence-electron chi connectivity index (χ2n) is 5.20. The first-order valence-corrected chi connectivity index (χ1v) is 6.83. The van der Waals surface area contributed by atoms with E-state index < -0.39 is 5.91 Å². The Bertz CT molecular complexity index is 1030. The Balaban J connectivity index is 1.96. The molecule has 3 N–H and O–H groups in total. The highest BCUT2D eigenvalue weighted by Gasteiger charge is 2.14. The van der Waals surface area contributed by atoms with Gasteiger partial charge in [0.25, 0.3) is 0 Å². The first-order valence-electron chi connectivity index (χ1n) is 6.83. The van der Waals surface area contributed by atoms with E-state index in [1.165, 1.54) is 0 Å². The number of aromatic nitrogens is 4. The Morgan fingerprint density at radius 3 is 2.95 bits per heavy atom. The predicted molar refractivity (Wildman–Crippen MR) is 84.3 cm³/mol. The summed E-state index contributed by atoms with van der Waals surface area (Å²) in [6.07, 6.45) is 3.70. The number of fused-ring (bicyclic) bond motifs is 2. The SMILES string of the molecule is Cn1nc(-c2cc3[nH]ccc3cn2)c2ccc(C(N)=O)cc21. The lowest BCUT2D eigenvalue weighted by atomic mass is 10.1. The van der Waals surface area contributed by atoms with Crippen LogP contribution in [-0.2, 0) is 7.05 Å². The van der Waals surface area contributed by atoms with E-state index in [1.807, 2.05) is 37.6 Å². The molecular weight excluding hydrogens is 278 g/mol. The molecule has 4 aromatic rings. The summed E-state index contributed by atoms with van der Waals surface area (Å²) in [6, 6.07) is 9.27. The number of primary amides is 1. The lowest BCUT2D eigenvalue weighted by Crippen LogP contribution is -2.10. The number of nitrogens with one attached hydrogen (secondary N) is 1. The highest BCUT2D eigenvalue weighted by atomic mass is 16.1. The zero-order valence-corrected chi connectivity index (χ0v) is 11.9. The minimum atomic E-state index is -0.449. The Hall–Kier alpha value is -3.15. The van der Waals surface area contributed by atoms with Crippen LogP contribution in [0.25, 0.3) is 33.2 Å². The Kier molecular flexibility index (Phi) is 2.53. The molecule has 22 heavy (non-hydrogen) atoms. The summed E-state index contributed by atoms with van der Waals surface area (Å²) in [4.78, 5) is 19.0. The minimum absolute atomic E-state index is 0.449. The molecule has 0 fully saturated rings. The molecule has 108 valence electrons. The van der Waals surface area contributed by atoms with Gasteiger partial charge in [0.15, 0.2) is 0 Å². The molecule has 1 aromatic carbocycles. The third-order valence-electron chi connectivity index (χ3n) is 3.82. The fraction of sp³-hybridized carbons (Fsp3) is 0.0625. The monoisotopic (exact) mass is 291 g/mol. The smallest absolute Gasteiger partial charge is 0.248 e. The van der Waals surface area contributed by atoms with Crippen molar-refractivity contribution in [3.05, 3.63) is 48.3 Å². The summed E-state index contributed by atoms with van der Waals surface area (Å²) < 4.78 is 1.73. The van der Waals surface area contributed by atoms with E-state index >= 15 is 0 Å². The molecule has 0 spiro atoms. The largest absolute Gasteiger partial charge is 0.366 e. The van der Waals surface area contributed by atoms with Crippen LogP contribution >= 0.6 is 0 Å². The Morgan fingerprint density at radius 1 is 1.27 bits per heavy atom. The lowest BCUT2D eigenvalue weighted by Gasteiger charge is -1.99. The van der Waals surface area contributed by atoms with Crippen molar-refractivity contribution in [2.75, 3.05) is 0 Å². The molecule has 6 nitrogen and oxygen atoms in total. The number of benzene rings is 1.